The van der Waals surface area contributed by atoms with Crippen LogP contribution in [-0.4, -0.2) is 26.2 Å². The van der Waals surface area contributed by atoms with Crippen LogP contribution < -0.4 is 4.74 Å². The van der Waals surface area contributed by atoms with Crippen molar-refractivity contribution < 1.29 is 14.5 Å². The Labute approximate surface area is 142 Å². The van der Waals surface area contributed by atoms with Crippen molar-refractivity contribution in [1.82, 2.24) is 15.0 Å². The number of nitro benzene ring substituents is 1. The largest absolute Gasteiger partial charge is 0.487 e. The highest BCUT2D eigenvalue weighted by Crippen LogP contribution is 2.18. The van der Waals surface area contributed by atoms with Crippen LogP contribution in [0.4, 0.5) is 5.69 Å². The Morgan fingerprint density at radius 3 is 2.64 bits per heavy atom. The maximum absolute atomic E-state index is 11.0. The molecule has 0 N–H and O–H groups in total. The zero-order chi connectivity index (χ0) is 17.6. The summed E-state index contributed by atoms with van der Waals surface area (Å²) in [5, 5.41) is 19.0. The number of carbonyl (C=O) groups excluding carboxylic acids is 1. The Balaban J connectivity index is 1.64. The molecule has 0 saturated carbocycles. The number of aromatic nitrogens is 3. The number of hydrogen-bond donors (Lipinski definition) is 0. The second kappa shape index (κ2) is 7.35. The maximum atomic E-state index is 11.0. The molecule has 2 aromatic carbocycles. The van der Waals surface area contributed by atoms with Gasteiger partial charge >= 0.3 is 0 Å². The van der Waals surface area contributed by atoms with Gasteiger partial charge in [-0.15, -0.1) is 5.10 Å². The highest BCUT2D eigenvalue weighted by Gasteiger charge is 2.13. The number of nitrogens with zero attached hydrogens (tertiary/aromatic N) is 4. The summed E-state index contributed by atoms with van der Waals surface area (Å²) in [6, 6.07) is 13.2. The highest BCUT2D eigenvalue weighted by molar-refractivity contribution is 5.74. The summed E-state index contributed by atoms with van der Waals surface area (Å²) in [4.78, 5) is 21.2. The highest BCUT2D eigenvalue weighted by atomic mass is 16.6. The summed E-state index contributed by atoms with van der Waals surface area (Å²) in [5.74, 6) is 0.610. The third-order valence-corrected chi connectivity index (χ3v) is 3.51. The van der Waals surface area contributed by atoms with Crippen molar-refractivity contribution >= 4 is 12.0 Å². The summed E-state index contributed by atoms with van der Waals surface area (Å²) < 4.78 is 7.10. The van der Waals surface area contributed by atoms with Crippen LogP contribution in [0.5, 0.6) is 5.75 Å². The van der Waals surface area contributed by atoms with Crippen molar-refractivity contribution in [2.24, 2.45) is 0 Å². The number of rotatable bonds is 7. The van der Waals surface area contributed by atoms with Gasteiger partial charge in [-0.3, -0.25) is 14.9 Å². The van der Waals surface area contributed by atoms with E-state index in [1.165, 1.54) is 10.7 Å². The Kier molecular flexibility index (Phi) is 4.79. The van der Waals surface area contributed by atoms with E-state index >= 15 is 0 Å². The van der Waals surface area contributed by atoms with E-state index in [0.29, 0.717) is 22.6 Å². The standard InChI is InChI=1S/C17H14N4O4/c22-11-13-5-7-16(8-6-13)25-12-15-10-20(19-18-15)9-14-3-1-2-4-17(14)21(23)24/h1-8,10-11H,9,12H2. The lowest BCUT2D eigenvalue weighted by Gasteiger charge is -2.03. The normalized spacial score (nSPS) is 10.4. The van der Waals surface area contributed by atoms with Gasteiger partial charge in [0.1, 0.15) is 24.3 Å². The average Bonchev–Trinajstić information content (AvgIpc) is 3.08. The molecular weight excluding hydrogens is 324 g/mol. The zero-order valence-corrected chi connectivity index (χ0v) is 13.1. The zero-order valence-electron chi connectivity index (χ0n) is 13.1. The molecule has 0 aliphatic heterocycles. The molecule has 8 heteroatoms. The molecule has 8 nitrogen and oxygen atoms in total. The monoisotopic (exact) mass is 338 g/mol. The molecule has 0 atom stereocenters. The SMILES string of the molecule is O=Cc1ccc(OCc2cn(Cc3ccccc3[N+](=O)[O-])nn2)cc1. The second-order valence-electron chi connectivity index (χ2n) is 5.27. The first-order valence-electron chi connectivity index (χ1n) is 7.45. The fourth-order valence-electron chi connectivity index (χ4n) is 2.28. The first-order chi connectivity index (χ1) is 12.2. The third-order valence-electron chi connectivity index (χ3n) is 3.51. The molecule has 1 aromatic heterocycles. The molecule has 0 saturated heterocycles. The summed E-state index contributed by atoms with van der Waals surface area (Å²) in [6.45, 7) is 0.454. The molecule has 0 aliphatic rings. The number of nitro groups is 1. The molecule has 1 heterocycles. The van der Waals surface area contributed by atoms with E-state index in [0.717, 1.165) is 6.29 Å². The van der Waals surface area contributed by atoms with E-state index in [1.54, 1.807) is 48.7 Å². The minimum Gasteiger partial charge on any atom is -0.487 e. The van der Waals surface area contributed by atoms with Crippen LogP contribution in [0.1, 0.15) is 21.6 Å². The van der Waals surface area contributed by atoms with Gasteiger partial charge in [0.25, 0.3) is 5.69 Å². The summed E-state index contributed by atoms with van der Waals surface area (Å²) in [7, 11) is 0. The van der Waals surface area contributed by atoms with E-state index in [4.69, 9.17) is 4.74 Å². The minimum atomic E-state index is -0.417. The van der Waals surface area contributed by atoms with Gasteiger partial charge in [0, 0.05) is 11.6 Å². The maximum Gasteiger partial charge on any atom is 0.274 e. The molecule has 0 spiro atoms. The van der Waals surface area contributed by atoms with Gasteiger partial charge in [0.15, 0.2) is 0 Å². The van der Waals surface area contributed by atoms with Crippen LogP contribution in [0.25, 0.3) is 0 Å². The lowest BCUT2D eigenvalue weighted by molar-refractivity contribution is -0.385. The Hall–Kier alpha value is -3.55. The summed E-state index contributed by atoms with van der Waals surface area (Å²) in [5.41, 5.74) is 1.76. The van der Waals surface area contributed by atoms with Crippen molar-refractivity contribution in [3.05, 3.63) is 81.7 Å². The second-order valence-corrected chi connectivity index (χ2v) is 5.27. The van der Waals surface area contributed by atoms with E-state index < -0.39 is 4.92 Å². The van der Waals surface area contributed by atoms with Crippen LogP contribution in [0.15, 0.2) is 54.7 Å². The summed E-state index contributed by atoms with van der Waals surface area (Å²) >= 11 is 0. The van der Waals surface area contributed by atoms with Gasteiger partial charge in [0.2, 0.25) is 0 Å². The molecule has 0 unspecified atom stereocenters. The molecule has 0 bridgehead atoms. The predicted molar refractivity (Wildman–Crippen MR) is 88.4 cm³/mol. The smallest absolute Gasteiger partial charge is 0.274 e. The molecule has 25 heavy (non-hydrogen) atoms. The Morgan fingerprint density at radius 2 is 1.92 bits per heavy atom. The third kappa shape index (κ3) is 4.05. The van der Waals surface area contributed by atoms with E-state index in [9.17, 15) is 14.9 Å². The molecule has 0 aliphatic carbocycles. The van der Waals surface area contributed by atoms with E-state index in [1.807, 2.05) is 0 Å². The van der Waals surface area contributed by atoms with Crippen molar-refractivity contribution in [2.45, 2.75) is 13.2 Å². The van der Waals surface area contributed by atoms with Crippen molar-refractivity contribution in [3.8, 4) is 5.75 Å². The number of carbonyl (C=O) groups is 1. The lowest BCUT2D eigenvalue weighted by Crippen LogP contribution is -2.03. The Bertz CT molecular complexity index is 890. The van der Waals surface area contributed by atoms with Gasteiger partial charge in [-0.1, -0.05) is 23.4 Å². The van der Waals surface area contributed by atoms with Crippen LogP contribution in [-0.2, 0) is 13.2 Å². The van der Waals surface area contributed by atoms with Crippen molar-refractivity contribution in [2.75, 3.05) is 0 Å². The first kappa shape index (κ1) is 16.3. The topological polar surface area (TPSA) is 100 Å². The van der Waals surface area contributed by atoms with Crippen molar-refractivity contribution in [3.63, 3.8) is 0 Å². The molecule has 0 radical (unpaired) electrons. The fraction of sp³-hybridized carbons (Fsp3) is 0.118. The van der Waals surface area contributed by atoms with Gasteiger partial charge in [-0.2, -0.15) is 0 Å². The molecule has 0 fully saturated rings. The van der Waals surface area contributed by atoms with E-state index in [-0.39, 0.29) is 18.8 Å². The predicted octanol–water partition coefficient (Wildman–Crippen LogP) is 2.63. The van der Waals surface area contributed by atoms with Crippen molar-refractivity contribution in [1.29, 1.82) is 0 Å². The number of para-hydroxylation sites is 1. The molecule has 126 valence electrons. The van der Waals surface area contributed by atoms with Crippen LogP contribution >= 0.6 is 0 Å². The lowest BCUT2D eigenvalue weighted by atomic mass is 10.2. The van der Waals surface area contributed by atoms with Crippen LogP contribution in [0, 0.1) is 10.1 Å². The molecular formula is C17H14N4O4. The van der Waals surface area contributed by atoms with Gasteiger partial charge in [-0.25, -0.2) is 4.68 Å². The number of aldehydes is 1. The van der Waals surface area contributed by atoms with Crippen LogP contribution in [0.3, 0.4) is 0 Å². The molecule has 3 rings (SSSR count). The molecule has 3 aromatic rings. The summed E-state index contributed by atoms with van der Waals surface area (Å²) in [6.07, 6.45) is 2.44. The van der Waals surface area contributed by atoms with Gasteiger partial charge in [0.05, 0.1) is 23.2 Å². The van der Waals surface area contributed by atoms with Gasteiger partial charge < -0.3 is 4.74 Å². The first-order valence-corrected chi connectivity index (χ1v) is 7.45. The average molecular weight is 338 g/mol. The Morgan fingerprint density at radius 1 is 1.16 bits per heavy atom. The molecule has 0 amide bonds. The fourth-order valence-corrected chi connectivity index (χ4v) is 2.28. The quantitative estimate of drug-likeness (QED) is 0.373. The van der Waals surface area contributed by atoms with Crippen LogP contribution in [0.2, 0.25) is 0 Å². The minimum absolute atomic E-state index is 0.0473. The van der Waals surface area contributed by atoms with Gasteiger partial charge in [-0.05, 0) is 24.3 Å². The number of ether oxygens (including phenoxy) is 1. The van der Waals surface area contributed by atoms with E-state index in [2.05, 4.69) is 10.3 Å². The number of benzene rings is 2. The number of hydrogen-bond acceptors (Lipinski definition) is 6.